The second-order valence-electron chi connectivity index (χ2n) is 6.28. The zero-order valence-electron chi connectivity index (χ0n) is 12.4. The molecule has 1 fully saturated rings. The smallest absolute Gasteiger partial charge is 0.163 e. The first-order valence-electron chi connectivity index (χ1n) is 8.06. The number of hydrogen-bond donors (Lipinski definition) is 3. The van der Waals surface area contributed by atoms with E-state index in [2.05, 4.69) is 12.2 Å². The summed E-state index contributed by atoms with van der Waals surface area (Å²) in [7, 11) is 0. The Kier molecular flexibility index (Phi) is 4.34. The molecule has 2 aliphatic rings. The Balaban J connectivity index is 1.70. The van der Waals surface area contributed by atoms with Crippen LogP contribution in [-0.2, 0) is 6.54 Å². The Hall–Kier alpha value is -0.970. The Bertz CT molecular complexity index is 455. The van der Waals surface area contributed by atoms with Gasteiger partial charge in [0.1, 0.15) is 45.1 Å². The molecule has 1 saturated heterocycles. The number of nitrogens with one attached hydrogen (secondary N) is 2. The molecular formula is C16H27FN3+3. The molecule has 4 N–H and O–H groups in total. The molecule has 2 heterocycles. The van der Waals surface area contributed by atoms with Gasteiger partial charge in [0.05, 0.1) is 6.54 Å². The van der Waals surface area contributed by atoms with Crippen LogP contribution >= 0.6 is 0 Å². The topological polar surface area (TPSA) is 25.5 Å². The van der Waals surface area contributed by atoms with Crippen molar-refractivity contribution < 1.29 is 19.5 Å². The molecule has 20 heavy (non-hydrogen) atoms. The number of quaternary nitrogens is 3. The van der Waals surface area contributed by atoms with Crippen molar-refractivity contribution in [3.8, 4) is 0 Å². The molecule has 1 aromatic rings. The third kappa shape index (κ3) is 2.87. The molecule has 0 radical (unpaired) electrons. The van der Waals surface area contributed by atoms with E-state index in [4.69, 9.17) is 0 Å². The average molecular weight is 280 g/mol. The van der Waals surface area contributed by atoms with Crippen molar-refractivity contribution in [3.05, 3.63) is 35.1 Å². The average Bonchev–Trinajstić information content (AvgIpc) is 2.47. The molecular weight excluding hydrogens is 253 g/mol. The largest absolute Gasteiger partial charge is 0.337 e. The maximum absolute atomic E-state index is 13.4. The van der Waals surface area contributed by atoms with Crippen LogP contribution in [0.5, 0.6) is 0 Å². The van der Waals surface area contributed by atoms with E-state index in [1.54, 1.807) is 21.9 Å². The number of nitrogens with two attached hydrogens (primary N) is 1. The second-order valence-corrected chi connectivity index (χ2v) is 6.28. The van der Waals surface area contributed by atoms with Gasteiger partial charge in [-0.1, -0.05) is 6.92 Å². The van der Waals surface area contributed by atoms with Gasteiger partial charge in [0, 0.05) is 11.1 Å². The van der Waals surface area contributed by atoms with Crippen LogP contribution in [0.3, 0.4) is 0 Å². The fraction of sp³-hybridized carbons (Fsp3) is 0.625. The summed E-state index contributed by atoms with van der Waals surface area (Å²) in [5.41, 5.74) is 2.60. The monoisotopic (exact) mass is 280 g/mol. The highest BCUT2D eigenvalue weighted by atomic mass is 19.1. The lowest BCUT2D eigenvalue weighted by atomic mass is 9.95. The maximum Gasteiger partial charge on any atom is 0.163 e. The van der Waals surface area contributed by atoms with Crippen LogP contribution in [0.15, 0.2) is 18.2 Å². The zero-order chi connectivity index (χ0) is 13.9. The Morgan fingerprint density at radius 3 is 2.80 bits per heavy atom. The summed E-state index contributed by atoms with van der Waals surface area (Å²) in [6, 6.07) is 5.95. The second kappa shape index (κ2) is 6.20. The summed E-state index contributed by atoms with van der Waals surface area (Å²) < 4.78 is 13.4. The van der Waals surface area contributed by atoms with E-state index in [1.165, 1.54) is 50.3 Å². The summed E-state index contributed by atoms with van der Waals surface area (Å²) in [5, 5.41) is 2.34. The van der Waals surface area contributed by atoms with E-state index in [9.17, 15) is 4.39 Å². The highest BCUT2D eigenvalue weighted by molar-refractivity contribution is 5.30. The minimum Gasteiger partial charge on any atom is -0.337 e. The number of halogens is 1. The lowest BCUT2D eigenvalue weighted by molar-refractivity contribution is -1.03. The first-order chi connectivity index (χ1) is 9.78. The van der Waals surface area contributed by atoms with Crippen LogP contribution in [0.4, 0.5) is 4.39 Å². The van der Waals surface area contributed by atoms with Gasteiger partial charge in [-0.25, -0.2) is 4.39 Å². The fourth-order valence-corrected chi connectivity index (χ4v) is 3.89. The van der Waals surface area contributed by atoms with E-state index in [0.29, 0.717) is 6.04 Å². The highest BCUT2D eigenvalue weighted by Gasteiger charge is 2.35. The van der Waals surface area contributed by atoms with E-state index >= 15 is 0 Å². The van der Waals surface area contributed by atoms with Crippen molar-refractivity contribution >= 4 is 0 Å². The molecule has 110 valence electrons. The first kappa shape index (κ1) is 14.0. The standard InChI is InChI=1S/C16H24FN3/c1-2-5-19-6-8-20(9-7-19)16-12-18-11-13-10-14(17)3-4-15(13)16/h3-4,10,16,18H,2,5-9,11-12H2,1H3/p+3/t16-/m0/s1. The Morgan fingerprint density at radius 2 is 2.05 bits per heavy atom. The van der Waals surface area contributed by atoms with Crippen molar-refractivity contribution in [2.24, 2.45) is 0 Å². The van der Waals surface area contributed by atoms with Crippen molar-refractivity contribution in [3.63, 3.8) is 0 Å². The number of rotatable bonds is 3. The summed E-state index contributed by atoms with van der Waals surface area (Å²) in [6.45, 7) is 10.8. The molecule has 0 aliphatic carbocycles. The normalized spacial score (nSPS) is 30.0. The van der Waals surface area contributed by atoms with Gasteiger partial charge in [0.25, 0.3) is 0 Å². The summed E-state index contributed by atoms with van der Waals surface area (Å²) >= 11 is 0. The minimum atomic E-state index is -0.0926. The number of benzene rings is 1. The predicted molar refractivity (Wildman–Crippen MR) is 76.2 cm³/mol. The summed E-state index contributed by atoms with van der Waals surface area (Å²) in [5.74, 6) is -0.0926. The van der Waals surface area contributed by atoms with E-state index in [0.717, 1.165) is 13.1 Å². The number of fused-ring (bicyclic) bond motifs is 1. The van der Waals surface area contributed by atoms with E-state index < -0.39 is 0 Å². The molecule has 4 heteroatoms. The predicted octanol–water partition coefficient (Wildman–Crippen LogP) is -1.86. The molecule has 3 rings (SSSR count). The molecule has 0 spiro atoms. The van der Waals surface area contributed by atoms with Crippen LogP contribution in [0.1, 0.15) is 30.5 Å². The highest BCUT2D eigenvalue weighted by Crippen LogP contribution is 2.18. The van der Waals surface area contributed by atoms with Gasteiger partial charge in [-0.2, -0.15) is 0 Å². The number of hydrogen-bond acceptors (Lipinski definition) is 0. The molecule has 1 atom stereocenters. The molecule has 0 unspecified atom stereocenters. The maximum atomic E-state index is 13.4. The minimum absolute atomic E-state index is 0.0926. The fourth-order valence-electron chi connectivity index (χ4n) is 3.89. The third-order valence-electron chi connectivity index (χ3n) is 4.94. The number of piperazine rings is 1. The molecule has 0 amide bonds. The third-order valence-corrected chi connectivity index (χ3v) is 4.94. The lowest BCUT2D eigenvalue weighted by Gasteiger charge is -2.36. The van der Waals surface area contributed by atoms with Gasteiger partial charge in [-0.15, -0.1) is 0 Å². The molecule has 1 aromatic carbocycles. The summed E-state index contributed by atoms with van der Waals surface area (Å²) in [6.07, 6.45) is 1.28. The lowest BCUT2D eigenvalue weighted by Crippen LogP contribution is -3.29. The van der Waals surface area contributed by atoms with Gasteiger partial charge >= 0.3 is 0 Å². The molecule has 0 bridgehead atoms. The molecule has 0 aromatic heterocycles. The Labute approximate surface area is 120 Å². The van der Waals surface area contributed by atoms with Gasteiger partial charge in [-0.3, -0.25) is 0 Å². The van der Waals surface area contributed by atoms with Crippen molar-refractivity contribution in [2.75, 3.05) is 39.3 Å². The SMILES string of the molecule is CCC[NH+]1CC[NH+]([C@H]2C[NH2+]Cc3cc(F)ccc32)CC1. The van der Waals surface area contributed by atoms with Crippen LogP contribution < -0.4 is 15.1 Å². The Morgan fingerprint density at radius 1 is 1.25 bits per heavy atom. The van der Waals surface area contributed by atoms with Crippen LogP contribution in [-0.4, -0.2) is 39.3 Å². The zero-order valence-corrected chi connectivity index (χ0v) is 12.4. The van der Waals surface area contributed by atoms with E-state index in [-0.39, 0.29) is 5.82 Å². The molecule has 3 nitrogen and oxygen atoms in total. The van der Waals surface area contributed by atoms with Gasteiger partial charge in [0.15, 0.2) is 6.04 Å². The van der Waals surface area contributed by atoms with Crippen molar-refractivity contribution in [1.82, 2.24) is 0 Å². The van der Waals surface area contributed by atoms with Crippen molar-refractivity contribution in [2.45, 2.75) is 25.9 Å². The first-order valence-corrected chi connectivity index (χ1v) is 8.06. The van der Waals surface area contributed by atoms with Crippen LogP contribution in [0, 0.1) is 5.82 Å². The molecule has 2 aliphatic heterocycles. The van der Waals surface area contributed by atoms with Crippen molar-refractivity contribution in [1.29, 1.82) is 0 Å². The van der Waals surface area contributed by atoms with Crippen LogP contribution in [0.25, 0.3) is 0 Å². The summed E-state index contributed by atoms with van der Waals surface area (Å²) in [4.78, 5) is 3.46. The van der Waals surface area contributed by atoms with Gasteiger partial charge in [0.2, 0.25) is 0 Å². The van der Waals surface area contributed by atoms with Gasteiger partial charge in [-0.05, 0) is 24.6 Å². The van der Waals surface area contributed by atoms with Gasteiger partial charge < -0.3 is 15.1 Å². The van der Waals surface area contributed by atoms with Crippen LogP contribution in [0.2, 0.25) is 0 Å². The molecule has 0 saturated carbocycles. The van der Waals surface area contributed by atoms with E-state index in [1.807, 2.05) is 6.07 Å². The quantitative estimate of drug-likeness (QED) is 0.579.